The summed E-state index contributed by atoms with van der Waals surface area (Å²) in [6.45, 7) is 4.32. The zero-order valence-electron chi connectivity index (χ0n) is 7.16. The van der Waals surface area contributed by atoms with Crippen LogP contribution in [0.2, 0.25) is 0 Å². The van der Waals surface area contributed by atoms with E-state index in [-0.39, 0.29) is 12.6 Å². The molecule has 0 bridgehead atoms. The Morgan fingerprint density at radius 3 is 3.00 bits per heavy atom. The van der Waals surface area contributed by atoms with Crippen LogP contribution in [-0.2, 0) is 0 Å². The molecule has 3 nitrogen and oxygen atoms in total. The molecule has 11 heavy (non-hydrogen) atoms. The molecule has 1 heterocycles. The molecule has 2 unspecified atom stereocenters. The Bertz CT molecular complexity index is 119. The topological polar surface area (TPSA) is 49.5 Å². The van der Waals surface area contributed by atoms with Gasteiger partial charge in [0, 0.05) is 18.6 Å². The molecule has 0 saturated carbocycles. The maximum atomic E-state index is 8.89. The highest BCUT2D eigenvalue weighted by atomic mass is 16.3. The first-order valence-electron chi connectivity index (χ1n) is 4.34. The highest BCUT2D eigenvalue weighted by Crippen LogP contribution is 2.10. The maximum Gasteiger partial charge on any atom is 0.0584 e. The molecule has 0 aliphatic carbocycles. The van der Waals surface area contributed by atoms with E-state index in [0.29, 0.717) is 6.04 Å². The van der Waals surface area contributed by atoms with Crippen LogP contribution in [0.1, 0.15) is 19.8 Å². The molecule has 0 radical (unpaired) electrons. The van der Waals surface area contributed by atoms with Gasteiger partial charge < -0.3 is 10.8 Å². The minimum absolute atomic E-state index is 0.243. The molecule has 1 fully saturated rings. The molecule has 1 aliphatic heterocycles. The Morgan fingerprint density at radius 1 is 1.73 bits per heavy atom. The normalized spacial score (nSPS) is 30.3. The first kappa shape index (κ1) is 8.97. The summed E-state index contributed by atoms with van der Waals surface area (Å²) in [5.41, 5.74) is 5.79. The van der Waals surface area contributed by atoms with Crippen molar-refractivity contribution in [1.29, 1.82) is 0 Å². The molecule has 0 aromatic rings. The number of nitrogens with two attached hydrogens (primary N) is 1. The van der Waals surface area contributed by atoms with Crippen molar-refractivity contribution in [2.45, 2.75) is 31.8 Å². The standard InChI is InChI=1S/C8H18N2O/c1-7(6-11)10-4-2-3-8(9)5-10/h7-8,11H,2-6,9H2,1H3. The van der Waals surface area contributed by atoms with E-state index >= 15 is 0 Å². The van der Waals surface area contributed by atoms with Gasteiger partial charge in [-0.2, -0.15) is 0 Å². The van der Waals surface area contributed by atoms with Gasteiger partial charge in [0.1, 0.15) is 0 Å². The summed E-state index contributed by atoms with van der Waals surface area (Å²) in [5, 5.41) is 8.89. The van der Waals surface area contributed by atoms with Gasteiger partial charge in [0.15, 0.2) is 0 Å². The average molecular weight is 158 g/mol. The van der Waals surface area contributed by atoms with Crippen LogP contribution in [-0.4, -0.2) is 41.8 Å². The van der Waals surface area contributed by atoms with E-state index in [1.165, 1.54) is 6.42 Å². The summed E-state index contributed by atoms with van der Waals surface area (Å²) in [6.07, 6.45) is 2.31. The number of piperidine rings is 1. The first-order chi connectivity index (χ1) is 5.24. The number of nitrogens with zero attached hydrogens (tertiary/aromatic N) is 1. The van der Waals surface area contributed by atoms with Crippen LogP contribution in [0, 0.1) is 0 Å². The van der Waals surface area contributed by atoms with E-state index in [0.717, 1.165) is 19.5 Å². The predicted octanol–water partition coefficient (Wildman–Crippen LogP) is -0.210. The van der Waals surface area contributed by atoms with Gasteiger partial charge in [0.05, 0.1) is 6.61 Å². The molecule has 1 saturated heterocycles. The van der Waals surface area contributed by atoms with Crippen LogP contribution in [0.4, 0.5) is 0 Å². The third kappa shape index (κ3) is 2.43. The van der Waals surface area contributed by atoms with Gasteiger partial charge >= 0.3 is 0 Å². The van der Waals surface area contributed by atoms with Gasteiger partial charge in [-0.05, 0) is 26.3 Å². The Balaban J connectivity index is 2.33. The van der Waals surface area contributed by atoms with Crippen LogP contribution >= 0.6 is 0 Å². The van der Waals surface area contributed by atoms with E-state index in [4.69, 9.17) is 10.8 Å². The molecule has 3 N–H and O–H groups in total. The summed E-state index contributed by atoms with van der Waals surface area (Å²) in [5.74, 6) is 0. The molecule has 1 rings (SSSR count). The molecule has 1 aliphatic rings. The smallest absolute Gasteiger partial charge is 0.0584 e. The maximum absolute atomic E-state index is 8.89. The lowest BCUT2D eigenvalue weighted by Gasteiger charge is -2.34. The summed E-state index contributed by atoms with van der Waals surface area (Å²) in [6, 6.07) is 0.596. The van der Waals surface area contributed by atoms with E-state index in [2.05, 4.69) is 4.90 Å². The highest BCUT2D eigenvalue weighted by Gasteiger charge is 2.19. The van der Waals surface area contributed by atoms with Crippen molar-refractivity contribution in [1.82, 2.24) is 4.90 Å². The van der Waals surface area contributed by atoms with Crippen molar-refractivity contribution >= 4 is 0 Å². The van der Waals surface area contributed by atoms with E-state index in [1.54, 1.807) is 0 Å². The fourth-order valence-electron chi connectivity index (χ4n) is 1.56. The van der Waals surface area contributed by atoms with Crippen molar-refractivity contribution in [3.63, 3.8) is 0 Å². The van der Waals surface area contributed by atoms with Crippen molar-refractivity contribution < 1.29 is 5.11 Å². The molecule has 66 valence electrons. The second-order valence-electron chi connectivity index (χ2n) is 3.43. The zero-order chi connectivity index (χ0) is 8.27. The summed E-state index contributed by atoms with van der Waals surface area (Å²) in [4.78, 5) is 2.26. The Morgan fingerprint density at radius 2 is 2.45 bits per heavy atom. The minimum Gasteiger partial charge on any atom is -0.395 e. The number of rotatable bonds is 2. The molecular formula is C8H18N2O. The average Bonchev–Trinajstić information content (AvgIpc) is 2.03. The van der Waals surface area contributed by atoms with Crippen LogP contribution < -0.4 is 5.73 Å². The zero-order valence-corrected chi connectivity index (χ0v) is 7.16. The molecular weight excluding hydrogens is 140 g/mol. The minimum atomic E-state index is 0.243. The van der Waals surface area contributed by atoms with Gasteiger partial charge in [0.25, 0.3) is 0 Å². The van der Waals surface area contributed by atoms with Gasteiger partial charge in [0.2, 0.25) is 0 Å². The summed E-state index contributed by atoms with van der Waals surface area (Å²) >= 11 is 0. The molecule has 0 spiro atoms. The van der Waals surface area contributed by atoms with Crippen LogP contribution in [0.5, 0.6) is 0 Å². The summed E-state index contributed by atoms with van der Waals surface area (Å²) in [7, 11) is 0. The van der Waals surface area contributed by atoms with Crippen LogP contribution in [0.15, 0.2) is 0 Å². The highest BCUT2D eigenvalue weighted by molar-refractivity contribution is 4.78. The van der Waals surface area contributed by atoms with E-state index in [9.17, 15) is 0 Å². The monoisotopic (exact) mass is 158 g/mol. The number of hydrogen-bond donors (Lipinski definition) is 2. The number of aliphatic hydroxyl groups is 1. The van der Waals surface area contributed by atoms with Gasteiger partial charge in [-0.3, -0.25) is 4.90 Å². The van der Waals surface area contributed by atoms with Crippen LogP contribution in [0.3, 0.4) is 0 Å². The molecule has 0 aromatic heterocycles. The fourth-order valence-corrected chi connectivity index (χ4v) is 1.56. The van der Waals surface area contributed by atoms with Gasteiger partial charge in [-0.25, -0.2) is 0 Å². The number of likely N-dealkylation sites (tertiary alicyclic amines) is 1. The number of hydrogen-bond acceptors (Lipinski definition) is 3. The first-order valence-corrected chi connectivity index (χ1v) is 4.34. The Labute approximate surface area is 68.2 Å². The second kappa shape index (κ2) is 4.04. The lowest BCUT2D eigenvalue weighted by molar-refractivity contribution is 0.107. The van der Waals surface area contributed by atoms with Crippen molar-refractivity contribution in [3.8, 4) is 0 Å². The largest absolute Gasteiger partial charge is 0.395 e. The Kier molecular flexibility index (Phi) is 3.30. The van der Waals surface area contributed by atoms with E-state index < -0.39 is 0 Å². The predicted molar refractivity (Wildman–Crippen MR) is 45.3 cm³/mol. The van der Waals surface area contributed by atoms with E-state index in [1.807, 2.05) is 6.92 Å². The fraction of sp³-hybridized carbons (Fsp3) is 1.00. The molecule has 0 aromatic carbocycles. The van der Waals surface area contributed by atoms with Crippen molar-refractivity contribution in [2.24, 2.45) is 5.73 Å². The van der Waals surface area contributed by atoms with Crippen molar-refractivity contribution in [2.75, 3.05) is 19.7 Å². The molecule has 0 amide bonds. The lowest BCUT2D eigenvalue weighted by Crippen LogP contribution is -2.47. The van der Waals surface area contributed by atoms with Gasteiger partial charge in [-0.1, -0.05) is 0 Å². The molecule has 2 atom stereocenters. The number of aliphatic hydroxyl groups excluding tert-OH is 1. The lowest BCUT2D eigenvalue weighted by atomic mass is 10.1. The summed E-state index contributed by atoms with van der Waals surface area (Å²) < 4.78 is 0. The third-order valence-electron chi connectivity index (χ3n) is 2.38. The van der Waals surface area contributed by atoms with Crippen LogP contribution in [0.25, 0.3) is 0 Å². The third-order valence-corrected chi connectivity index (χ3v) is 2.38. The second-order valence-corrected chi connectivity index (χ2v) is 3.43. The SMILES string of the molecule is CC(CO)N1CCCC(N)C1. The molecule has 3 heteroatoms. The van der Waals surface area contributed by atoms with Crippen molar-refractivity contribution in [3.05, 3.63) is 0 Å². The van der Waals surface area contributed by atoms with Gasteiger partial charge in [-0.15, -0.1) is 0 Å². The quantitative estimate of drug-likeness (QED) is 0.584. The Hall–Kier alpha value is -0.120.